The number of hydrogen-bond donors (Lipinski definition) is 2. The first-order valence-corrected chi connectivity index (χ1v) is 9.03. The molecule has 2 N–H and O–H groups in total. The lowest BCUT2D eigenvalue weighted by molar-refractivity contribution is 0.0600. The Hall–Kier alpha value is -1.44. The molecule has 7 heteroatoms. The van der Waals surface area contributed by atoms with Crippen molar-refractivity contribution in [1.82, 2.24) is 10.0 Å². The van der Waals surface area contributed by atoms with Crippen LogP contribution in [0.2, 0.25) is 0 Å². The highest BCUT2D eigenvalue weighted by Crippen LogP contribution is 2.11. The fraction of sp³-hybridized carbons (Fsp3) is 0.533. The summed E-state index contributed by atoms with van der Waals surface area (Å²) in [7, 11) is -2.11. The van der Waals surface area contributed by atoms with Crippen molar-refractivity contribution in [1.29, 1.82) is 0 Å². The Kier molecular flexibility index (Phi) is 5.93. The second-order valence-electron chi connectivity index (χ2n) is 5.43. The SMILES string of the molecule is COC(=O)c1cccc(CS(=O)(=O)NCC[C@H]2CCCN2)c1. The Morgan fingerprint density at radius 2 is 2.27 bits per heavy atom. The summed E-state index contributed by atoms with van der Waals surface area (Å²) in [6.07, 6.45) is 3.04. The summed E-state index contributed by atoms with van der Waals surface area (Å²) in [6.45, 7) is 1.44. The van der Waals surface area contributed by atoms with Gasteiger partial charge in [-0.1, -0.05) is 12.1 Å². The second kappa shape index (κ2) is 7.71. The Morgan fingerprint density at radius 3 is 2.95 bits per heavy atom. The van der Waals surface area contributed by atoms with Gasteiger partial charge in [0.15, 0.2) is 0 Å². The summed E-state index contributed by atoms with van der Waals surface area (Å²) in [4.78, 5) is 11.5. The van der Waals surface area contributed by atoms with Crippen molar-refractivity contribution >= 4 is 16.0 Å². The lowest BCUT2D eigenvalue weighted by Crippen LogP contribution is -2.31. The molecule has 22 heavy (non-hydrogen) atoms. The van der Waals surface area contributed by atoms with Crippen LogP contribution in [0.5, 0.6) is 0 Å². The first-order chi connectivity index (χ1) is 10.5. The van der Waals surface area contributed by atoms with Crippen LogP contribution in [0.4, 0.5) is 0 Å². The van der Waals surface area contributed by atoms with Crippen LogP contribution in [0.15, 0.2) is 24.3 Å². The fourth-order valence-electron chi connectivity index (χ4n) is 2.57. The Morgan fingerprint density at radius 1 is 1.45 bits per heavy atom. The summed E-state index contributed by atoms with van der Waals surface area (Å²) >= 11 is 0. The summed E-state index contributed by atoms with van der Waals surface area (Å²) in [6, 6.07) is 6.89. The van der Waals surface area contributed by atoms with E-state index in [0.717, 1.165) is 25.8 Å². The van der Waals surface area contributed by atoms with E-state index in [1.54, 1.807) is 24.3 Å². The number of ether oxygens (including phenoxy) is 1. The monoisotopic (exact) mass is 326 g/mol. The molecule has 122 valence electrons. The third kappa shape index (κ3) is 5.08. The van der Waals surface area contributed by atoms with Crippen LogP contribution in [0.25, 0.3) is 0 Å². The van der Waals surface area contributed by atoms with Crippen LogP contribution in [0.1, 0.15) is 35.2 Å². The van der Waals surface area contributed by atoms with E-state index < -0.39 is 16.0 Å². The van der Waals surface area contributed by atoms with E-state index in [9.17, 15) is 13.2 Å². The van der Waals surface area contributed by atoms with Crippen LogP contribution in [-0.2, 0) is 20.5 Å². The normalized spacial score (nSPS) is 18.3. The average molecular weight is 326 g/mol. The Balaban J connectivity index is 1.89. The predicted molar refractivity (Wildman–Crippen MR) is 84.0 cm³/mol. The minimum absolute atomic E-state index is 0.143. The Bertz CT molecular complexity index is 610. The lowest BCUT2D eigenvalue weighted by atomic mass is 10.1. The number of esters is 1. The molecule has 2 rings (SSSR count). The van der Waals surface area contributed by atoms with Crippen LogP contribution in [0.3, 0.4) is 0 Å². The summed E-state index contributed by atoms with van der Waals surface area (Å²) in [5.41, 5.74) is 0.916. The molecule has 0 bridgehead atoms. The minimum atomic E-state index is -3.41. The highest BCUT2D eigenvalue weighted by Gasteiger charge is 2.16. The molecule has 1 aromatic rings. The number of rotatable bonds is 7. The number of carbonyl (C=O) groups is 1. The molecule has 0 saturated carbocycles. The first kappa shape index (κ1) is 16.9. The zero-order valence-corrected chi connectivity index (χ0v) is 13.5. The third-order valence-electron chi connectivity index (χ3n) is 3.68. The lowest BCUT2D eigenvalue weighted by Gasteiger charge is -2.11. The molecule has 1 aliphatic rings. The maximum atomic E-state index is 12.1. The minimum Gasteiger partial charge on any atom is -0.465 e. The zero-order valence-electron chi connectivity index (χ0n) is 12.7. The van der Waals surface area contributed by atoms with Crippen LogP contribution in [0, 0.1) is 0 Å². The van der Waals surface area contributed by atoms with Crippen molar-refractivity contribution in [3.05, 3.63) is 35.4 Å². The quantitative estimate of drug-likeness (QED) is 0.731. The van der Waals surface area contributed by atoms with Gasteiger partial charge < -0.3 is 10.1 Å². The van der Waals surface area contributed by atoms with Gasteiger partial charge in [0.05, 0.1) is 18.4 Å². The Labute approximate surface area is 131 Å². The fourth-order valence-corrected chi connectivity index (χ4v) is 3.72. The molecule has 0 spiro atoms. The number of sulfonamides is 1. The molecule has 0 radical (unpaired) electrons. The standard InChI is InChI=1S/C15H22N2O4S/c1-21-15(18)13-5-2-4-12(10-13)11-22(19,20)17-9-7-14-6-3-8-16-14/h2,4-5,10,14,16-17H,3,6-9,11H2,1H3/t14-/m1/s1. The highest BCUT2D eigenvalue weighted by molar-refractivity contribution is 7.88. The van der Waals surface area contributed by atoms with E-state index in [-0.39, 0.29) is 5.75 Å². The topological polar surface area (TPSA) is 84.5 Å². The first-order valence-electron chi connectivity index (χ1n) is 7.38. The molecule has 1 aromatic carbocycles. The molecule has 6 nitrogen and oxygen atoms in total. The summed E-state index contributed by atoms with van der Waals surface area (Å²) < 4.78 is 31.4. The van der Waals surface area contributed by atoms with Gasteiger partial charge in [0.1, 0.15) is 0 Å². The smallest absolute Gasteiger partial charge is 0.337 e. The van der Waals surface area contributed by atoms with Crippen molar-refractivity contribution in [3.63, 3.8) is 0 Å². The van der Waals surface area contributed by atoms with Gasteiger partial charge in [-0.25, -0.2) is 17.9 Å². The molecular weight excluding hydrogens is 304 g/mol. The molecule has 0 unspecified atom stereocenters. The number of carbonyl (C=O) groups excluding carboxylic acids is 1. The van der Waals surface area contributed by atoms with Gasteiger partial charge in [-0.3, -0.25) is 0 Å². The van der Waals surface area contributed by atoms with Gasteiger partial charge in [0.2, 0.25) is 10.0 Å². The summed E-state index contributed by atoms with van der Waals surface area (Å²) in [5, 5.41) is 3.33. The van der Waals surface area contributed by atoms with E-state index in [4.69, 9.17) is 0 Å². The maximum Gasteiger partial charge on any atom is 0.337 e. The highest BCUT2D eigenvalue weighted by atomic mass is 32.2. The molecule has 0 amide bonds. The van der Waals surface area contributed by atoms with E-state index in [1.165, 1.54) is 7.11 Å². The number of benzene rings is 1. The molecule has 1 aliphatic heterocycles. The van der Waals surface area contributed by atoms with E-state index >= 15 is 0 Å². The van der Waals surface area contributed by atoms with E-state index in [2.05, 4.69) is 14.8 Å². The third-order valence-corrected chi connectivity index (χ3v) is 5.04. The summed E-state index contributed by atoms with van der Waals surface area (Å²) in [5.74, 6) is -0.616. The van der Waals surface area contributed by atoms with Gasteiger partial charge in [0, 0.05) is 12.6 Å². The number of methoxy groups -OCH3 is 1. The van der Waals surface area contributed by atoms with Crippen LogP contribution in [-0.4, -0.2) is 40.6 Å². The van der Waals surface area contributed by atoms with Crippen molar-refractivity contribution in [2.45, 2.75) is 31.1 Å². The molecule has 1 atom stereocenters. The van der Waals surface area contributed by atoms with Crippen molar-refractivity contribution in [3.8, 4) is 0 Å². The maximum absolute atomic E-state index is 12.1. The van der Waals surface area contributed by atoms with Crippen molar-refractivity contribution in [2.24, 2.45) is 0 Å². The molecule has 0 aromatic heterocycles. The number of hydrogen-bond acceptors (Lipinski definition) is 5. The average Bonchev–Trinajstić information content (AvgIpc) is 2.99. The molecule has 1 heterocycles. The van der Waals surface area contributed by atoms with Gasteiger partial charge in [0.25, 0.3) is 0 Å². The van der Waals surface area contributed by atoms with Gasteiger partial charge >= 0.3 is 5.97 Å². The van der Waals surface area contributed by atoms with Gasteiger partial charge in [-0.15, -0.1) is 0 Å². The van der Waals surface area contributed by atoms with E-state index in [1.807, 2.05) is 0 Å². The largest absolute Gasteiger partial charge is 0.465 e. The second-order valence-corrected chi connectivity index (χ2v) is 7.23. The number of nitrogens with one attached hydrogen (secondary N) is 2. The van der Waals surface area contributed by atoms with Crippen molar-refractivity contribution in [2.75, 3.05) is 20.2 Å². The van der Waals surface area contributed by atoms with Crippen LogP contribution >= 0.6 is 0 Å². The molecule has 1 fully saturated rings. The van der Waals surface area contributed by atoms with E-state index in [0.29, 0.717) is 23.7 Å². The zero-order chi connectivity index (χ0) is 16.0. The van der Waals surface area contributed by atoms with Gasteiger partial charge in [-0.2, -0.15) is 0 Å². The van der Waals surface area contributed by atoms with Crippen LogP contribution < -0.4 is 10.0 Å². The molecule has 0 aliphatic carbocycles. The van der Waals surface area contributed by atoms with Crippen molar-refractivity contribution < 1.29 is 17.9 Å². The molecular formula is C15H22N2O4S. The molecule has 1 saturated heterocycles. The predicted octanol–water partition coefficient (Wildman–Crippen LogP) is 1.03. The van der Waals surface area contributed by atoms with Gasteiger partial charge in [-0.05, 0) is 43.5 Å².